The minimum absolute atomic E-state index is 0. The molecule has 1 aliphatic rings. The Bertz CT molecular complexity index is 754. The fraction of sp³-hybridized carbons (Fsp3) is 0.375. The van der Waals surface area contributed by atoms with Crippen LogP contribution < -0.4 is 5.32 Å². The van der Waals surface area contributed by atoms with Crippen LogP contribution in [0.3, 0.4) is 0 Å². The number of nitrogens with one attached hydrogen (secondary N) is 1. The van der Waals surface area contributed by atoms with Crippen LogP contribution in [0.5, 0.6) is 0 Å². The van der Waals surface area contributed by atoms with E-state index >= 15 is 0 Å². The molecule has 2 aromatic rings. The number of hydrogen-bond acceptors (Lipinski definition) is 3. The van der Waals surface area contributed by atoms with Crippen molar-refractivity contribution in [2.45, 2.75) is 30.8 Å². The Morgan fingerprint density at radius 1 is 1.00 bits per heavy atom. The molecule has 1 saturated heterocycles. The normalized spacial score (nSPS) is 23.2. The maximum Gasteiger partial charge on any atom is 0.243 e. The molecule has 0 saturated carbocycles. The van der Waals surface area contributed by atoms with Gasteiger partial charge in [-0.1, -0.05) is 30.3 Å². The zero-order chi connectivity index (χ0) is 15.0. The molecular formula is C16H21ClN2O2S. The van der Waals surface area contributed by atoms with Crippen molar-refractivity contribution in [2.24, 2.45) is 0 Å². The van der Waals surface area contributed by atoms with Crippen molar-refractivity contribution < 1.29 is 8.42 Å². The molecule has 2 unspecified atom stereocenters. The molecule has 120 valence electrons. The van der Waals surface area contributed by atoms with Crippen molar-refractivity contribution in [3.05, 3.63) is 42.5 Å². The van der Waals surface area contributed by atoms with Gasteiger partial charge in [-0.15, -0.1) is 12.4 Å². The maximum atomic E-state index is 12.8. The average molecular weight is 341 g/mol. The third-order valence-corrected chi connectivity index (χ3v) is 5.71. The third-order valence-electron chi connectivity index (χ3n) is 3.88. The standard InChI is InChI=1S/C16H20N2O2S.ClH/c1-12-10-18(11-13(2)17-12)21(19,20)16-8-7-14-5-3-4-6-15(14)9-16;/h3-9,12-13,17H,10-11H2,1-2H3;1H. The van der Waals surface area contributed by atoms with E-state index in [1.807, 2.05) is 44.2 Å². The van der Waals surface area contributed by atoms with Gasteiger partial charge in [0, 0.05) is 25.2 Å². The molecule has 0 aliphatic carbocycles. The molecule has 22 heavy (non-hydrogen) atoms. The van der Waals surface area contributed by atoms with Gasteiger partial charge in [-0.25, -0.2) is 8.42 Å². The van der Waals surface area contributed by atoms with Gasteiger partial charge in [0.15, 0.2) is 0 Å². The van der Waals surface area contributed by atoms with Crippen molar-refractivity contribution in [1.82, 2.24) is 9.62 Å². The molecule has 0 aromatic heterocycles. The highest BCUT2D eigenvalue weighted by molar-refractivity contribution is 7.89. The summed E-state index contributed by atoms with van der Waals surface area (Å²) in [5, 5.41) is 5.36. The first-order valence-electron chi connectivity index (χ1n) is 7.22. The van der Waals surface area contributed by atoms with E-state index in [-0.39, 0.29) is 24.5 Å². The first-order valence-corrected chi connectivity index (χ1v) is 8.66. The van der Waals surface area contributed by atoms with E-state index in [2.05, 4.69) is 5.32 Å². The predicted octanol–water partition coefficient (Wildman–Crippen LogP) is 2.63. The first kappa shape index (κ1) is 17.2. The van der Waals surface area contributed by atoms with E-state index in [9.17, 15) is 8.42 Å². The average Bonchev–Trinajstić information content (AvgIpc) is 2.45. The maximum absolute atomic E-state index is 12.8. The van der Waals surface area contributed by atoms with Gasteiger partial charge in [0.2, 0.25) is 10.0 Å². The van der Waals surface area contributed by atoms with Crippen molar-refractivity contribution >= 4 is 33.2 Å². The van der Waals surface area contributed by atoms with Crippen molar-refractivity contribution in [3.8, 4) is 0 Å². The minimum atomic E-state index is -3.43. The van der Waals surface area contributed by atoms with Gasteiger partial charge in [-0.05, 0) is 36.8 Å². The third kappa shape index (κ3) is 3.27. The highest BCUT2D eigenvalue weighted by atomic mass is 35.5. The molecule has 1 aliphatic heterocycles. The summed E-state index contributed by atoms with van der Waals surface area (Å²) in [7, 11) is -3.43. The molecule has 6 heteroatoms. The SMILES string of the molecule is CC1CN(S(=O)(=O)c2ccc3ccccc3c2)CC(C)N1.Cl. The molecule has 0 bridgehead atoms. The monoisotopic (exact) mass is 340 g/mol. The lowest BCUT2D eigenvalue weighted by Gasteiger charge is -2.35. The zero-order valence-electron chi connectivity index (χ0n) is 12.7. The predicted molar refractivity (Wildman–Crippen MR) is 92.0 cm³/mol. The second kappa shape index (κ2) is 6.54. The Labute approximate surface area is 138 Å². The van der Waals surface area contributed by atoms with Crippen molar-refractivity contribution in [1.29, 1.82) is 0 Å². The van der Waals surface area contributed by atoms with Gasteiger partial charge in [-0.3, -0.25) is 0 Å². The highest BCUT2D eigenvalue weighted by Crippen LogP contribution is 2.23. The largest absolute Gasteiger partial charge is 0.309 e. The number of hydrogen-bond donors (Lipinski definition) is 1. The Balaban J connectivity index is 0.00000176. The summed E-state index contributed by atoms with van der Waals surface area (Å²) < 4.78 is 27.2. The Hall–Kier alpha value is -1.14. The molecule has 0 radical (unpaired) electrons. The fourth-order valence-electron chi connectivity index (χ4n) is 2.95. The van der Waals surface area contributed by atoms with Crippen LogP contribution in [0.4, 0.5) is 0 Å². The van der Waals surface area contributed by atoms with Gasteiger partial charge in [0.25, 0.3) is 0 Å². The summed E-state index contributed by atoms with van der Waals surface area (Å²) >= 11 is 0. The second-order valence-corrected chi connectivity index (χ2v) is 7.74. The molecule has 2 aromatic carbocycles. The molecule has 3 rings (SSSR count). The lowest BCUT2D eigenvalue weighted by Crippen LogP contribution is -2.55. The van der Waals surface area contributed by atoms with Crippen molar-refractivity contribution in [2.75, 3.05) is 13.1 Å². The van der Waals surface area contributed by atoms with E-state index in [0.29, 0.717) is 18.0 Å². The van der Waals surface area contributed by atoms with Crippen LogP contribution in [-0.4, -0.2) is 37.9 Å². The molecular weight excluding hydrogens is 320 g/mol. The van der Waals surface area contributed by atoms with Crippen LogP contribution in [0.2, 0.25) is 0 Å². The smallest absolute Gasteiger partial charge is 0.243 e. The number of halogens is 1. The minimum Gasteiger partial charge on any atom is -0.309 e. The number of fused-ring (bicyclic) bond motifs is 1. The van der Waals surface area contributed by atoms with Crippen LogP contribution in [0, 0.1) is 0 Å². The Morgan fingerprint density at radius 3 is 2.23 bits per heavy atom. The Morgan fingerprint density at radius 2 is 1.59 bits per heavy atom. The van der Waals surface area contributed by atoms with Crippen LogP contribution in [0.25, 0.3) is 10.8 Å². The van der Waals surface area contributed by atoms with Crippen molar-refractivity contribution in [3.63, 3.8) is 0 Å². The van der Waals surface area contributed by atoms with Gasteiger partial charge in [0.05, 0.1) is 4.90 Å². The number of nitrogens with zero attached hydrogens (tertiary/aromatic N) is 1. The van der Waals surface area contributed by atoms with Crippen LogP contribution in [-0.2, 0) is 10.0 Å². The van der Waals surface area contributed by atoms with Gasteiger partial charge in [-0.2, -0.15) is 4.31 Å². The first-order chi connectivity index (χ1) is 9.96. The summed E-state index contributed by atoms with van der Waals surface area (Å²) in [4.78, 5) is 0.377. The molecule has 0 amide bonds. The topological polar surface area (TPSA) is 49.4 Å². The molecule has 1 heterocycles. The molecule has 4 nitrogen and oxygen atoms in total. The van der Waals surface area contributed by atoms with Crippen LogP contribution in [0.15, 0.2) is 47.4 Å². The molecule has 1 fully saturated rings. The van der Waals surface area contributed by atoms with E-state index in [0.717, 1.165) is 10.8 Å². The summed E-state index contributed by atoms with van der Waals surface area (Å²) in [6.07, 6.45) is 0. The summed E-state index contributed by atoms with van der Waals surface area (Å²) in [6.45, 7) is 5.05. The highest BCUT2D eigenvalue weighted by Gasteiger charge is 2.31. The van der Waals surface area contributed by atoms with E-state index in [1.54, 1.807) is 16.4 Å². The van der Waals surface area contributed by atoms with E-state index < -0.39 is 10.0 Å². The van der Waals surface area contributed by atoms with Crippen LogP contribution in [0.1, 0.15) is 13.8 Å². The quantitative estimate of drug-likeness (QED) is 0.914. The lowest BCUT2D eigenvalue weighted by atomic mass is 10.1. The summed E-state index contributed by atoms with van der Waals surface area (Å²) in [5.41, 5.74) is 0. The summed E-state index contributed by atoms with van der Waals surface area (Å²) in [5.74, 6) is 0. The Kier molecular flexibility index (Phi) is 5.12. The molecule has 1 N–H and O–H groups in total. The number of benzene rings is 2. The number of sulfonamides is 1. The van der Waals surface area contributed by atoms with E-state index in [1.165, 1.54) is 0 Å². The number of piperazine rings is 1. The number of rotatable bonds is 2. The summed E-state index contributed by atoms with van der Waals surface area (Å²) in [6, 6.07) is 13.5. The lowest BCUT2D eigenvalue weighted by molar-refractivity contribution is 0.263. The zero-order valence-corrected chi connectivity index (χ0v) is 14.3. The fourth-order valence-corrected chi connectivity index (χ4v) is 4.60. The van der Waals surface area contributed by atoms with E-state index in [4.69, 9.17) is 0 Å². The second-order valence-electron chi connectivity index (χ2n) is 5.80. The molecule has 2 atom stereocenters. The molecule has 0 spiro atoms. The van der Waals surface area contributed by atoms with Gasteiger partial charge in [0.1, 0.15) is 0 Å². The van der Waals surface area contributed by atoms with Gasteiger partial charge < -0.3 is 5.32 Å². The van der Waals surface area contributed by atoms with Crippen LogP contribution >= 0.6 is 12.4 Å². The van der Waals surface area contributed by atoms with Gasteiger partial charge >= 0.3 is 0 Å².